The molecule has 0 aromatic heterocycles. The van der Waals surface area contributed by atoms with Crippen LogP contribution in [0, 0.1) is 6.92 Å². The third-order valence-corrected chi connectivity index (χ3v) is 4.94. The van der Waals surface area contributed by atoms with Gasteiger partial charge in [-0.25, -0.2) is 8.42 Å². The molecule has 0 fully saturated rings. The Bertz CT molecular complexity index is 472. The Morgan fingerprint density at radius 2 is 2.00 bits per heavy atom. The lowest BCUT2D eigenvalue weighted by Crippen LogP contribution is -2.29. The van der Waals surface area contributed by atoms with Gasteiger partial charge in [0.25, 0.3) is 0 Å². The van der Waals surface area contributed by atoms with Crippen molar-refractivity contribution in [1.29, 1.82) is 0 Å². The molecular weight excluding hydrogens is 248 g/mol. The number of nitrogens with two attached hydrogens (primary N) is 1. The summed E-state index contributed by atoms with van der Waals surface area (Å²) in [6.07, 6.45) is 1.35. The van der Waals surface area contributed by atoms with Gasteiger partial charge in [-0.3, -0.25) is 11.3 Å². The third kappa shape index (κ3) is 4.40. The summed E-state index contributed by atoms with van der Waals surface area (Å²) >= 11 is 0. The van der Waals surface area contributed by atoms with E-state index in [4.69, 9.17) is 5.84 Å². The number of benzene rings is 1. The van der Waals surface area contributed by atoms with Gasteiger partial charge >= 0.3 is 0 Å². The number of hydrazine groups is 1. The Balaban J connectivity index is 2.61. The number of nitrogens with one attached hydrogen (secondary N) is 1. The minimum absolute atomic E-state index is 0.0123. The van der Waals surface area contributed by atoms with Crippen molar-refractivity contribution in [3.8, 4) is 0 Å². The molecule has 1 aromatic carbocycles. The molecule has 18 heavy (non-hydrogen) atoms. The first-order valence-corrected chi connectivity index (χ1v) is 8.04. The Morgan fingerprint density at radius 1 is 1.33 bits per heavy atom. The van der Waals surface area contributed by atoms with Crippen LogP contribution in [-0.4, -0.2) is 19.9 Å². The number of aryl methyl sites for hydroxylation is 1. The van der Waals surface area contributed by atoms with Crippen molar-refractivity contribution < 1.29 is 8.42 Å². The predicted molar refractivity (Wildman–Crippen MR) is 74.8 cm³/mol. The van der Waals surface area contributed by atoms with Gasteiger partial charge < -0.3 is 0 Å². The van der Waals surface area contributed by atoms with Gasteiger partial charge in [-0.1, -0.05) is 31.2 Å². The van der Waals surface area contributed by atoms with E-state index >= 15 is 0 Å². The average Bonchev–Trinajstić information content (AvgIpc) is 2.36. The van der Waals surface area contributed by atoms with Crippen LogP contribution in [0.25, 0.3) is 0 Å². The van der Waals surface area contributed by atoms with Crippen molar-refractivity contribution in [2.24, 2.45) is 5.84 Å². The van der Waals surface area contributed by atoms with Crippen LogP contribution in [0.15, 0.2) is 24.3 Å². The second-order valence-electron chi connectivity index (χ2n) is 4.45. The van der Waals surface area contributed by atoms with E-state index in [-0.39, 0.29) is 17.5 Å². The Labute approximate surface area is 109 Å². The molecule has 0 amide bonds. The monoisotopic (exact) mass is 270 g/mol. The molecule has 0 aliphatic heterocycles. The highest BCUT2D eigenvalue weighted by molar-refractivity contribution is 7.91. The van der Waals surface area contributed by atoms with Crippen molar-refractivity contribution in [3.63, 3.8) is 0 Å². The molecule has 0 spiro atoms. The highest BCUT2D eigenvalue weighted by atomic mass is 32.2. The fourth-order valence-corrected chi connectivity index (χ4v) is 2.85. The Morgan fingerprint density at radius 3 is 2.56 bits per heavy atom. The molecule has 1 rings (SSSR count). The van der Waals surface area contributed by atoms with E-state index in [9.17, 15) is 8.42 Å². The van der Waals surface area contributed by atoms with Gasteiger partial charge in [0.15, 0.2) is 0 Å². The van der Waals surface area contributed by atoms with E-state index in [2.05, 4.69) is 5.43 Å². The van der Waals surface area contributed by atoms with Crippen LogP contribution >= 0.6 is 0 Å². The molecule has 0 heterocycles. The SMILES string of the molecule is CCS(=O)(=O)CCCC(NN)c1ccccc1C. The van der Waals surface area contributed by atoms with E-state index in [1.165, 1.54) is 5.56 Å². The molecular formula is C13H22N2O2S. The minimum Gasteiger partial charge on any atom is -0.271 e. The van der Waals surface area contributed by atoms with E-state index < -0.39 is 9.84 Å². The lowest BCUT2D eigenvalue weighted by Gasteiger charge is -2.18. The zero-order valence-corrected chi connectivity index (χ0v) is 11.8. The van der Waals surface area contributed by atoms with Gasteiger partial charge in [0.05, 0.1) is 5.75 Å². The van der Waals surface area contributed by atoms with Gasteiger partial charge in [-0.2, -0.15) is 0 Å². The molecule has 1 unspecified atom stereocenters. The van der Waals surface area contributed by atoms with Gasteiger partial charge in [0.2, 0.25) is 0 Å². The van der Waals surface area contributed by atoms with E-state index in [1.54, 1.807) is 6.92 Å². The van der Waals surface area contributed by atoms with Crippen LogP contribution in [0.4, 0.5) is 0 Å². The van der Waals surface area contributed by atoms with Gasteiger partial charge in [0, 0.05) is 11.8 Å². The summed E-state index contributed by atoms with van der Waals surface area (Å²) < 4.78 is 22.8. The molecule has 0 radical (unpaired) electrons. The summed E-state index contributed by atoms with van der Waals surface area (Å²) in [5, 5.41) is 0. The minimum atomic E-state index is -2.88. The second kappa shape index (κ2) is 6.87. The van der Waals surface area contributed by atoms with Crippen LogP contribution < -0.4 is 11.3 Å². The van der Waals surface area contributed by atoms with Crippen molar-refractivity contribution in [2.75, 3.05) is 11.5 Å². The molecule has 102 valence electrons. The first-order chi connectivity index (χ1) is 8.50. The summed E-state index contributed by atoms with van der Waals surface area (Å²) in [5.41, 5.74) is 5.07. The molecule has 0 saturated carbocycles. The van der Waals surface area contributed by atoms with Crippen molar-refractivity contribution in [3.05, 3.63) is 35.4 Å². The topological polar surface area (TPSA) is 72.2 Å². The van der Waals surface area contributed by atoms with E-state index in [1.807, 2.05) is 31.2 Å². The number of rotatable bonds is 7. The van der Waals surface area contributed by atoms with Crippen molar-refractivity contribution >= 4 is 9.84 Å². The quantitative estimate of drug-likeness (QED) is 0.584. The molecule has 3 N–H and O–H groups in total. The molecule has 5 heteroatoms. The maximum absolute atomic E-state index is 11.4. The standard InChI is InChI=1S/C13H22N2O2S/c1-3-18(16,17)10-6-9-13(15-14)12-8-5-4-7-11(12)2/h4-5,7-8,13,15H,3,6,9-10,14H2,1-2H3. The number of hydrogen-bond acceptors (Lipinski definition) is 4. The third-order valence-electron chi connectivity index (χ3n) is 3.15. The molecule has 1 atom stereocenters. The summed E-state index contributed by atoms with van der Waals surface area (Å²) in [6.45, 7) is 3.71. The first kappa shape index (κ1) is 15.1. The van der Waals surface area contributed by atoms with Crippen LogP contribution in [0.2, 0.25) is 0 Å². The fourth-order valence-electron chi connectivity index (χ4n) is 1.96. The van der Waals surface area contributed by atoms with Crippen molar-refractivity contribution in [1.82, 2.24) is 5.43 Å². The lowest BCUT2D eigenvalue weighted by atomic mass is 9.98. The molecule has 0 aliphatic rings. The van der Waals surface area contributed by atoms with E-state index in [0.29, 0.717) is 6.42 Å². The number of hydrogen-bond donors (Lipinski definition) is 2. The predicted octanol–water partition coefficient (Wildman–Crippen LogP) is 1.71. The van der Waals surface area contributed by atoms with E-state index in [0.717, 1.165) is 12.0 Å². The maximum Gasteiger partial charge on any atom is 0.150 e. The zero-order valence-electron chi connectivity index (χ0n) is 11.0. The largest absolute Gasteiger partial charge is 0.271 e. The van der Waals surface area contributed by atoms with Gasteiger partial charge in [-0.05, 0) is 30.9 Å². The lowest BCUT2D eigenvalue weighted by molar-refractivity contribution is 0.505. The average molecular weight is 270 g/mol. The second-order valence-corrected chi connectivity index (χ2v) is 6.93. The highest BCUT2D eigenvalue weighted by Gasteiger charge is 2.14. The van der Waals surface area contributed by atoms with Crippen molar-refractivity contribution in [2.45, 2.75) is 32.7 Å². The summed E-state index contributed by atoms with van der Waals surface area (Å²) in [6, 6.07) is 8.01. The first-order valence-electron chi connectivity index (χ1n) is 6.22. The van der Waals surface area contributed by atoms with Crippen LogP contribution in [0.3, 0.4) is 0 Å². The van der Waals surface area contributed by atoms with Crippen LogP contribution in [-0.2, 0) is 9.84 Å². The maximum atomic E-state index is 11.4. The van der Waals surface area contributed by atoms with Crippen LogP contribution in [0.1, 0.15) is 36.9 Å². The Kier molecular flexibility index (Phi) is 5.78. The Hall–Kier alpha value is -0.910. The van der Waals surface area contributed by atoms with Crippen LogP contribution in [0.5, 0.6) is 0 Å². The molecule has 0 bridgehead atoms. The molecule has 0 saturated heterocycles. The summed E-state index contributed by atoms with van der Waals surface area (Å²) in [7, 11) is -2.88. The highest BCUT2D eigenvalue weighted by Crippen LogP contribution is 2.21. The summed E-state index contributed by atoms with van der Waals surface area (Å²) in [5.74, 6) is 5.99. The fraction of sp³-hybridized carbons (Fsp3) is 0.538. The molecule has 4 nitrogen and oxygen atoms in total. The summed E-state index contributed by atoms with van der Waals surface area (Å²) in [4.78, 5) is 0. The zero-order chi connectivity index (χ0) is 13.6. The van der Waals surface area contributed by atoms with Gasteiger partial charge in [0.1, 0.15) is 9.84 Å². The molecule has 1 aromatic rings. The smallest absolute Gasteiger partial charge is 0.150 e. The normalized spacial score (nSPS) is 13.5. The molecule has 0 aliphatic carbocycles. The number of sulfone groups is 1. The van der Waals surface area contributed by atoms with Gasteiger partial charge in [-0.15, -0.1) is 0 Å².